The molecule has 4 nitrogen and oxygen atoms in total. The highest BCUT2D eigenvalue weighted by Gasteiger charge is 2.51. The van der Waals surface area contributed by atoms with Crippen molar-refractivity contribution in [1.82, 2.24) is 0 Å². The van der Waals surface area contributed by atoms with Crippen molar-refractivity contribution in [2.45, 2.75) is 38.9 Å². The van der Waals surface area contributed by atoms with Crippen LogP contribution in [-0.4, -0.2) is 30.0 Å². The third-order valence-electron chi connectivity index (χ3n) is 3.96. The molecule has 1 aliphatic heterocycles. The lowest BCUT2D eigenvalue weighted by atomic mass is 9.79. The summed E-state index contributed by atoms with van der Waals surface area (Å²) in [5.41, 5.74) is 4.00. The number of aliphatic imine (C=N–C) groups is 1. The van der Waals surface area contributed by atoms with Crippen molar-refractivity contribution in [1.29, 1.82) is 0 Å². The van der Waals surface area contributed by atoms with Crippen LogP contribution < -0.4 is 11.2 Å². The Bertz CT molecular complexity index is 584. The first-order valence-corrected chi connectivity index (χ1v) is 7.34. The molecule has 1 aliphatic rings. The monoisotopic (exact) mass is 330 g/mol. The maximum Gasteiger partial charge on any atom is 0.495 e. The van der Waals surface area contributed by atoms with Crippen LogP contribution in [0.2, 0.25) is 0 Å². The zero-order valence-electron chi connectivity index (χ0n) is 12.9. The number of hydrogen-bond donors (Lipinski definition) is 1. The molecule has 1 aromatic rings. The number of alkyl halides is 1. The number of nitrogens with zero attached hydrogens (tertiary/aromatic N) is 1. The van der Waals surface area contributed by atoms with E-state index < -0.39 is 35.6 Å². The lowest BCUT2D eigenvalue weighted by Crippen LogP contribution is -2.41. The van der Waals surface area contributed by atoms with Gasteiger partial charge >= 0.3 is 7.12 Å². The molecule has 0 radical (unpaired) electrons. The molecule has 8 heteroatoms. The Labute approximate surface area is 133 Å². The second-order valence-electron chi connectivity index (χ2n) is 6.16. The third kappa shape index (κ3) is 3.11. The van der Waals surface area contributed by atoms with Crippen LogP contribution in [0.15, 0.2) is 17.1 Å². The SMILES string of the molecule is CC1(C)OB(c2cc(F)c(N=C(N)CCl)c(F)c2)OC1(C)C. The first-order chi connectivity index (χ1) is 10.1. The summed E-state index contributed by atoms with van der Waals surface area (Å²) in [6.07, 6.45) is 0. The van der Waals surface area contributed by atoms with E-state index in [1.807, 2.05) is 27.7 Å². The molecule has 0 aliphatic carbocycles. The standard InChI is InChI=1S/C14H18BClF2N2O2/c1-13(2)14(3,4)22-15(21-13)8-5-9(17)12(10(18)6-8)20-11(19)7-16/h5-6H,7H2,1-4H3,(H2,19,20). The fraction of sp³-hybridized carbons (Fsp3) is 0.500. The number of rotatable bonds is 3. The van der Waals surface area contributed by atoms with E-state index in [0.717, 1.165) is 12.1 Å². The normalized spacial score (nSPS) is 20.5. The number of hydrogen-bond acceptors (Lipinski definition) is 3. The molecule has 1 aromatic carbocycles. The molecule has 0 atom stereocenters. The number of benzene rings is 1. The fourth-order valence-corrected chi connectivity index (χ4v) is 2.04. The highest BCUT2D eigenvalue weighted by atomic mass is 35.5. The van der Waals surface area contributed by atoms with Crippen molar-refractivity contribution >= 4 is 35.7 Å². The van der Waals surface area contributed by atoms with Crippen molar-refractivity contribution in [3.63, 3.8) is 0 Å². The minimum Gasteiger partial charge on any atom is -0.399 e. The van der Waals surface area contributed by atoms with Crippen LogP contribution >= 0.6 is 11.6 Å². The van der Waals surface area contributed by atoms with Gasteiger partial charge in [0.2, 0.25) is 0 Å². The second-order valence-corrected chi connectivity index (χ2v) is 6.43. The predicted octanol–water partition coefficient (Wildman–Crippen LogP) is 2.49. The largest absolute Gasteiger partial charge is 0.495 e. The summed E-state index contributed by atoms with van der Waals surface area (Å²) < 4.78 is 39.7. The lowest BCUT2D eigenvalue weighted by Gasteiger charge is -2.32. The zero-order valence-corrected chi connectivity index (χ0v) is 13.7. The Morgan fingerprint density at radius 3 is 2.05 bits per heavy atom. The van der Waals surface area contributed by atoms with E-state index in [-0.39, 0.29) is 17.2 Å². The van der Waals surface area contributed by atoms with Gasteiger partial charge in [-0.1, -0.05) is 0 Å². The van der Waals surface area contributed by atoms with Gasteiger partial charge in [0, 0.05) is 0 Å². The Balaban J connectivity index is 2.37. The molecule has 1 saturated heterocycles. The van der Waals surface area contributed by atoms with Gasteiger partial charge in [-0.05, 0) is 45.3 Å². The summed E-state index contributed by atoms with van der Waals surface area (Å²) in [5, 5.41) is 0. The van der Waals surface area contributed by atoms with E-state index in [2.05, 4.69) is 4.99 Å². The van der Waals surface area contributed by atoms with Gasteiger partial charge in [0.05, 0.1) is 17.1 Å². The van der Waals surface area contributed by atoms with Gasteiger partial charge in [-0.2, -0.15) is 0 Å². The van der Waals surface area contributed by atoms with Crippen LogP contribution in [0.5, 0.6) is 0 Å². The first kappa shape index (κ1) is 17.2. The highest BCUT2D eigenvalue weighted by Crippen LogP contribution is 2.36. The lowest BCUT2D eigenvalue weighted by molar-refractivity contribution is 0.00578. The molecule has 120 valence electrons. The van der Waals surface area contributed by atoms with Crippen LogP contribution in [0.1, 0.15) is 27.7 Å². The summed E-state index contributed by atoms with van der Waals surface area (Å²) in [7, 11) is -0.850. The molecule has 0 unspecified atom stereocenters. The number of nitrogens with two attached hydrogens (primary N) is 1. The fourth-order valence-electron chi connectivity index (χ4n) is 1.98. The predicted molar refractivity (Wildman–Crippen MR) is 84.1 cm³/mol. The van der Waals surface area contributed by atoms with Gasteiger partial charge in [-0.25, -0.2) is 13.8 Å². The Morgan fingerprint density at radius 2 is 1.64 bits per heavy atom. The summed E-state index contributed by atoms with van der Waals surface area (Å²) in [4.78, 5) is 3.63. The molecular formula is C14H18BClF2N2O2. The molecule has 22 heavy (non-hydrogen) atoms. The van der Waals surface area contributed by atoms with Crippen molar-refractivity contribution in [2.24, 2.45) is 10.7 Å². The highest BCUT2D eigenvalue weighted by molar-refractivity contribution is 6.62. The van der Waals surface area contributed by atoms with E-state index in [9.17, 15) is 8.78 Å². The van der Waals surface area contributed by atoms with E-state index in [0.29, 0.717) is 0 Å². The third-order valence-corrected chi connectivity index (χ3v) is 4.23. The van der Waals surface area contributed by atoms with Crippen molar-refractivity contribution in [2.75, 3.05) is 5.88 Å². The van der Waals surface area contributed by atoms with E-state index in [1.54, 1.807) is 0 Å². The van der Waals surface area contributed by atoms with Gasteiger partial charge in [-0.15, -0.1) is 11.6 Å². The van der Waals surface area contributed by atoms with Gasteiger partial charge in [0.15, 0.2) is 11.6 Å². The van der Waals surface area contributed by atoms with E-state index in [1.165, 1.54) is 0 Å². The van der Waals surface area contributed by atoms with Crippen LogP contribution in [-0.2, 0) is 9.31 Å². The Morgan fingerprint density at radius 1 is 1.18 bits per heavy atom. The molecule has 1 fully saturated rings. The van der Waals surface area contributed by atoms with Gasteiger partial charge < -0.3 is 15.0 Å². The van der Waals surface area contributed by atoms with Gasteiger partial charge in [-0.3, -0.25) is 0 Å². The minimum atomic E-state index is -0.850. The molecule has 0 bridgehead atoms. The quantitative estimate of drug-likeness (QED) is 0.401. The second kappa shape index (κ2) is 5.79. The van der Waals surface area contributed by atoms with Gasteiger partial charge in [0.25, 0.3) is 0 Å². The summed E-state index contributed by atoms with van der Waals surface area (Å²) in [6.45, 7) is 7.44. The van der Waals surface area contributed by atoms with Crippen molar-refractivity contribution in [3.8, 4) is 0 Å². The Hall–Kier alpha value is -1.18. The summed E-state index contributed by atoms with van der Waals surface area (Å²) >= 11 is 5.46. The molecule has 0 spiro atoms. The molecule has 0 aromatic heterocycles. The zero-order chi connectivity index (χ0) is 16.7. The van der Waals surface area contributed by atoms with Crippen molar-refractivity contribution in [3.05, 3.63) is 23.8 Å². The smallest absolute Gasteiger partial charge is 0.399 e. The van der Waals surface area contributed by atoms with Gasteiger partial charge in [0.1, 0.15) is 11.5 Å². The number of amidine groups is 1. The molecule has 1 heterocycles. The van der Waals surface area contributed by atoms with Crippen LogP contribution in [0.25, 0.3) is 0 Å². The molecule has 2 rings (SSSR count). The van der Waals surface area contributed by atoms with Crippen LogP contribution in [0.3, 0.4) is 0 Å². The van der Waals surface area contributed by atoms with E-state index in [4.69, 9.17) is 26.6 Å². The maximum atomic E-state index is 14.1. The molecule has 2 N–H and O–H groups in total. The summed E-state index contributed by atoms with van der Waals surface area (Å²) in [6, 6.07) is 2.26. The first-order valence-electron chi connectivity index (χ1n) is 6.81. The Kier molecular flexibility index (Phi) is 4.52. The molecule has 0 amide bonds. The van der Waals surface area contributed by atoms with Crippen LogP contribution in [0.4, 0.5) is 14.5 Å². The minimum absolute atomic E-state index is 0.0668. The van der Waals surface area contributed by atoms with E-state index >= 15 is 0 Å². The van der Waals surface area contributed by atoms with Crippen molar-refractivity contribution < 1.29 is 18.1 Å². The number of halogens is 3. The average Bonchev–Trinajstić information content (AvgIpc) is 2.62. The topological polar surface area (TPSA) is 56.8 Å². The molecule has 0 saturated carbocycles. The summed E-state index contributed by atoms with van der Waals surface area (Å²) in [5.74, 6) is -1.88. The molecular weight excluding hydrogens is 312 g/mol. The maximum absolute atomic E-state index is 14.1. The van der Waals surface area contributed by atoms with Crippen LogP contribution in [0, 0.1) is 11.6 Å². The average molecular weight is 331 g/mol.